The topological polar surface area (TPSA) is 72.3 Å². The second-order valence-corrected chi connectivity index (χ2v) is 5.32. The minimum Gasteiger partial charge on any atom is -0.359 e. The summed E-state index contributed by atoms with van der Waals surface area (Å²) in [4.78, 5) is 14.1. The van der Waals surface area contributed by atoms with Gasteiger partial charge in [0, 0.05) is 24.4 Å². The normalized spacial score (nSPS) is 26.1. The molecule has 1 aromatic carbocycles. The highest BCUT2D eigenvalue weighted by Gasteiger charge is 2.46. The lowest BCUT2D eigenvalue weighted by Gasteiger charge is -2.46. The molecule has 4 heteroatoms. The number of aryl methyl sites for hydroxylation is 1. The quantitative estimate of drug-likeness (QED) is 0.766. The Kier molecular flexibility index (Phi) is 2.92. The SMILES string of the molecule is C=C1C(=O)C(N2CCCc3ccc(CN)cc32)C1N. The zero-order valence-corrected chi connectivity index (χ0v) is 10.9. The molecule has 0 spiro atoms. The Balaban J connectivity index is 1.98. The summed E-state index contributed by atoms with van der Waals surface area (Å²) in [5.41, 5.74) is 15.8. The van der Waals surface area contributed by atoms with Gasteiger partial charge in [-0.1, -0.05) is 18.7 Å². The summed E-state index contributed by atoms with van der Waals surface area (Å²) >= 11 is 0. The van der Waals surface area contributed by atoms with Crippen LogP contribution >= 0.6 is 0 Å². The van der Waals surface area contributed by atoms with Gasteiger partial charge < -0.3 is 16.4 Å². The first-order chi connectivity index (χ1) is 9.13. The highest BCUT2D eigenvalue weighted by Crippen LogP contribution is 2.35. The standard InChI is InChI=1S/C15H19N3O/c1-9-13(17)14(15(9)19)18-6-2-3-11-5-4-10(8-16)7-12(11)18/h4-5,7,13-14H,1-3,6,8,16-17H2. The molecule has 1 fully saturated rings. The number of ketones is 1. The summed E-state index contributed by atoms with van der Waals surface area (Å²) in [6.45, 7) is 5.12. The molecule has 1 aromatic rings. The second-order valence-electron chi connectivity index (χ2n) is 5.32. The molecule has 1 heterocycles. The van der Waals surface area contributed by atoms with E-state index in [2.05, 4.69) is 29.7 Å². The van der Waals surface area contributed by atoms with E-state index in [1.807, 2.05) is 0 Å². The van der Waals surface area contributed by atoms with Crippen LogP contribution in [0.3, 0.4) is 0 Å². The minimum atomic E-state index is -0.237. The van der Waals surface area contributed by atoms with Gasteiger partial charge in [-0.25, -0.2) is 0 Å². The molecule has 2 unspecified atom stereocenters. The summed E-state index contributed by atoms with van der Waals surface area (Å²) in [7, 11) is 0. The van der Waals surface area contributed by atoms with Gasteiger partial charge in [-0.15, -0.1) is 0 Å². The molecular formula is C15H19N3O. The number of anilines is 1. The first-order valence-corrected chi connectivity index (χ1v) is 6.70. The molecule has 0 saturated heterocycles. The van der Waals surface area contributed by atoms with Crippen LogP contribution in [0.2, 0.25) is 0 Å². The van der Waals surface area contributed by atoms with Crippen molar-refractivity contribution in [3.63, 3.8) is 0 Å². The van der Waals surface area contributed by atoms with Gasteiger partial charge in [-0.05, 0) is 30.0 Å². The van der Waals surface area contributed by atoms with Crippen molar-refractivity contribution in [1.82, 2.24) is 0 Å². The van der Waals surface area contributed by atoms with Crippen molar-refractivity contribution in [1.29, 1.82) is 0 Å². The van der Waals surface area contributed by atoms with Gasteiger partial charge in [0.1, 0.15) is 6.04 Å². The predicted molar refractivity (Wildman–Crippen MR) is 75.9 cm³/mol. The molecule has 4 N–H and O–H groups in total. The highest BCUT2D eigenvalue weighted by atomic mass is 16.1. The number of hydrogen-bond acceptors (Lipinski definition) is 4. The third-order valence-electron chi connectivity index (χ3n) is 4.20. The van der Waals surface area contributed by atoms with Crippen molar-refractivity contribution in [2.45, 2.75) is 31.5 Å². The molecule has 2 atom stereocenters. The number of fused-ring (bicyclic) bond motifs is 1. The van der Waals surface area contributed by atoms with E-state index in [-0.39, 0.29) is 17.9 Å². The van der Waals surface area contributed by atoms with Crippen LogP contribution in [-0.2, 0) is 17.8 Å². The maximum absolute atomic E-state index is 12.0. The average Bonchev–Trinajstić information content (AvgIpc) is 2.46. The number of Topliss-reactive ketones (excluding diaryl/α,β-unsaturated/α-hetero) is 1. The maximum Gasteiger partial charge on any atom is 0.184 e. The number of carbonyl (C=O) groups excluding carboxylic acids is 1. The fraction of sp³-hybridized carbons (Fsp3) is 0.400. The number of rotatable bonds is 2. The fourth-order valence-electron chi connectivity index (χ4n) is 3.01. The summed E-state index contributed by atoms with van der Waals surface area (Å²) < 4.78 is 0. The number of carbonyl (C=O) groups is 1. The highest BCUT2D eigenvalue weighted by molar-refractivity contribution is 6.10. The number of nitrogens with two attached hydrogens (primary N) is 2. The van der Waals surface area contributed by atoms with Crippen LogP contribution in [0, 0.1) is 0 Å². The fourth-order valence-corrected chi connectivity index (χ4v) is 3.01. The van der Waals surface area contributed by atoms with Crippen molar-refractivity contribution in [3.05, 3.63) is 41.5 Å². The van der Waals surface area contributed by atoms with Crippen LogP contribution in [0.15, 0.2) is 30.4 Å². The first-order valence-electron chi connectivity index (χ1n) is 6.70. The van der Waals surface area contributed by atoms with E-state index in [0.29, 0.717) is 12.1 Å². The molecule has 0 bridgehead atoms. The number of hydrogen-bond donors (Lipinski definition) is 2. The van der Waals surface area contributed by atoms with E-state index < -0.39 is 0 Å². The van der Waals surface area contributed by atoms with E-state index in [4.69, 9.17) is 11.5 Å². The zero-order valence-electron chi connectivity index (χ0n) is 10.9. The van der Waals surface area contributed by atoms with Gasteiger partial charge in [0.2, 0.25) is 0 Å². The zero-order chi connectivity index (χ0) is 13.6. The van der Waals surface area contributed by atoms with Gasteiger partial charge in [0.25, 0.3) is 0 Å². The van der Waals surface area contributed by atoms with Gasteiger partial charge in [0.15, 0.2) is 5.78 Å². The molecule has 19 heavy (non-hydrogen) atoms. The summed E-state index contributed by atoms with van der Waals surface area (Å²) in [5.74, 6) is 0.0819. The predicted octanol–water partition coefficient (Wildman–Crippen LogP) is 0.733. The largest absolute Gasteiger partial charge is 0.359 e. The molecule has 3 rings (SSSR count). The van der Waals surface area contributed by atoms with Crippen LogP contribution < -0.4 is 16.4 Å². The van der Waals surface area contributed by atoms with Crippen molar-refractivity contribution >= 4 is 11.5 Å². The van der Waals surface area contributed by atoms with E-state index in [1.54, 1.807) is 0 Å². The lowest BCUT2D eigenvalue weighted by Crippen LogP contribution is -2.64. The van der Waals surface area contributed by atoms with Crippen LogP contribution in [0.25, 0.3) is 0 Å². The molecule has 2 aliphatic rings. The smallest absolute Gasteiger partial charge is 0.184 e. The van der Waals surface area contributed by atoms with Crippen LogP contribution in [0.1, 0.15) is 17.5 Å². The monoisotopic (exact) mass is 257 g/mol. The Hall–Kier alpha value is -1.65. The van der Waals surface area contributed by atoms with Crippen molar-refractivity contribution in [3.8, 4) is 0 Å². The third kappa shape index (κ3) is 1.79. The Morgan fingerprint density at radius 2 is 2.21 bits per heavy atom. The minimum absolute atomic E-state index is 0.0819. The van der Waals surface area contributed by atoms with E-state index in [9.17, 15) is 4.79 Å². The maximum atomic E-state index is 12.0. The van der Waals surface area contributed by atoms with Crippen LogP contribution in [-0.4, -0.2) is 24.4 Å². The van der Waals surface area contributed by atoms with Crippen LogP contribution in [0.4, 0.5) is 5.69 Å². The van der Waals surface area contributed by atoms with Crippen molar-refractivity contribution in [2.24, 2.45) is 11.5 Å². The van der Waals surface area contributed by atoms with Gasteiger partial charge in [0.05, 0.1) is 6.04 Å². The molecule has 1 aliphatic carbocycles. The third-order valence-corrected chi connectivity index (χ3v) is 4.20. The van der Waals surface area contributed by atoms with Gasteiger partial charge in [-0.2, -0.15) is 0 Å². The first kappa shape index (κ1) is 12.4. The summed E-state index contributed by atoms with van der Waals surface area (Å²) in [6.07, 6.45) is 2.10. The average molecular weight is 257 g/mol. The van der Waals surface area contributed by atoms with Crippen molar-refractivity contribution in [2.75, 3.05) is 11.4 Å². The van der Waals surface area contributed by atoms with Gasteiger partial charge >= 0.3 is 0 Å². The Bertz CT molecular complexity index is 552. The van der Waals surface area contributed by atoms with Crippen LogP contribution in [0.5, 0.6) is 0 Å². The van der Waals surface area contributed by atoms with E-state index in [1.165, 1.54) is 5.56 Å². The van der Waals surface area contributed by atoms with Crippen molar-refractivity contribution < 1.29 is 4.79 Å². The summed E-state index contributed by atoms with van der Waals surface area (Å²) in [6, 6.07) is 5.80. The van der Waals surface area contributed by atoms with E-state index in [0.717, 1.165) is 30.6 Å². The molecule has 100 valence electrons. The van der Waals surface area contributed by atoms with E-state index >= 15 is 0 Å². The second kappa shape index (κ2) is 4.47. The Labute approximate surface area is 113 Å². The molecule has 0 aromatic heterocycles. The molecule has 4 nitrogen and oxygen atoms in total. The molecule has 1 aliphatic heterocycles. The number of nitrogens with zero attached hydrogens (tertiary/aromatic N) is 1. The van der Waals surface area contributed by atoms with Gasteiger partial charge in [-0.3, -0.25) is 4.79 Å². The molecular weight excluding hydrogens is 238 g/mol. The lowest BCUT2D eigenvalue weighted by atomic mass is 9.78. The Morgan fingerprint density at radius 3 is 2.89 bits per heavy atom. The molecule has 0 radical (unpaired) electrons. The number of benzene rings is 1. The lowest BCUT2D eigenvalue weighted by molar-refractivity contribution is -0.120. The summed E-state index contributed by atoms with van der Waals surface area (Å²) in [5, 5.41) is 0. The molecule has 1 saturated carbocycles. The Morgan fingerprint density at radius 1 is 1.42 bits per heavy atom. The molecule has 0 amide bonds.